The highest BCUT2D eigenvalue weighted by molar-refractivity contribution is 9.10. The molecule has 2 aromatic rings. The molecule has 2 rings (SSSR count). The Hall–Kier alpha value is -1.62. The number of halogens is 1. The monoisotopic (exact) mass is 308 g/mol. The first kappa shape index (κ1) is 12.8. The zero-order valence-electron chi connectivity index (χ0n) is 10.2. The van der Waals surface area contributed by atoms with Crippen LogP contribution in [0.25, 0.3) is 0 Å². The number of hydrogen-bond donors (Lipinski definition) is 1. The third-order valence-corrected chi connectivity index (χ3v) is 3.34. The largest absolute Gasteiger partial charge is 0.439 e. The van der Waals surface area contributed by atoms with E-state index in [0.717, 1.165) is 10.0 Å². The Labute approximate surface area is 113 Å². The van der Waals surface area contributed by atoms with Gasteiger partial charge in [-0.1, -0.05) is 22.9 Å². The second-order valence-corrected chi connectivity index (χ2v) is 4.75. The van der Waals surface area contributed by atoms with Gasteiger partial charge in [0.2, 0.25) is 5.88 Å². The number of aromatic amines is 1. The minimum absolute atomic E-state index is 0.203. The summed E-state index contributed by atoms with van der Waals surface area (Å²) in [5, 5.41) is 0. The van der Waals surface area contributed by atoms with E-state index in [0.29, 0.717) is 23.9 Å². The second-order valence-electron chi connectivity index (χ2n) is 3.90. The number of benzene rings is 1. The molecule has 94 valence electrons. The van der Waals surface area contributed by atoms with Gasteiger partial charge in [0, 0.05) is 10.9 Å². The summed E-state index contributed by atoms with van der Waals surface area (Å²) in [5.74, 6) is 1.60. The number of nitrogens with zero attached hydrogens (tertiary/aromatic N) is 1. The normalized spacial score (nSPS) is 10.4. The van der Waals surface area contributed by atoms with Gasteiger partial charge in [0.1, 0.15) is 11.6 Å². The van der Waals surface area contributed by atoms with Crippen LogP contribution in [-0.4, -0.2) is 9.97 Å². The number of hydrogen-bond acceptors (Lipinski definition) is 3. The quantitative estimate of drug-likeness (QED) is 0.947. The molecule has 0 aliphatic carbocycles. The molecule has 0 bridgehead atoms. The topological polar surface area (TPSA) is 55.0 Å². The van der Waals surface area contributed by atoms with Gasteiger partial charge in [-0.15, -0.1) is 0 Å². The Morgan fingerprint density at radius 1 is 1.39 bits per heavy atom. The maximum absolute atomic E-state index is 11.4. The first-order chi connectivity index (χ1) is 8.58. The van der Waals surface area contributed by atoms with Crippen LogP contribution in [0.15, 0.2) is 33.5 Å². The van der Waals surface area contributed by atoms with Crippen LogP contribution in [0.1, 0.15) is 18.3 Å². The number of aromatic nitrogens is 2. The molecule has 0 spiro atoms. The van der Waals surface area contributed by atoms with E-state index in [4.69, 9.17) is 4.74 Å². The van der Waals surface area contributed by atoms with E-state index in [2.05, 4.69) is 25.9 Å². The predicted molar refractivity (Wildman–Crippen MR) is 73.2 cm³/mol. The molecule has 0 saturated heterocycles. The lowest BCUT2D eigenvalue weighted by molar-refractivity contribution is 0.457. The third-order valence-electron chi connectivity index (χ3n) is 2.45. The van der Waals surface area contributed by atoms with Gasteiger partial charge in [0.15, 0.2) is 0 Å². The summed E-state index contributed by atoms with van der Waals surface area (Å²) in [7, 11) is 0. The van der Waals surface area contributed by atoms with Crippen LogP contribution in [0.3, 0.4) is 0 Å². The highest BCUT2D eigenvalue weighted by Crippen LogP contribution is 2.24. The van der Waals surface area contributed by atoms with Crippen LogP contribution >= 0.6 is 15.9 Å². The smallest absolute Gasteiger partial charge is 0.254 e. The van der Waals surface area contributed by atoms with Gasteiger partial charge >= 0.3 is 0 Å². The van der Waals surface area contributed by atoms with Crippen molar-refractivity contribution >= 4 is 15.9 Å². The summed E-state index contributed by atoms with van der Waals surface area (Å²) in [6, 6.07) is 6.96. The maximum Gasteiger partial charge on any atom is 0.254 e. The van der Waals surface area contributed by atoms with Crippen molar-refractivity contribution in [2.75, 3.05) is 0 Å². The van der Waals surface area contributed by atoms with E-state index >= 15 is 0 Å². The van der Waals surface area contributed by atoms with Crippen molar-refractivity contribution in [2.45, 2.75) is 20.3 Å². The Morgan fingerprint density at radius 2 is 2.17 bits per heavy atom. The second kappa shape index (κ2) is 5.35. The molecule has 0 aliphatic heterocycles. The fourth-order valence-electron chi connectivity index (χ4n) is 1.50. The van der Waals surface area contributed by atoms with Crippen LogP contribution < -0.4 is 10.3 Å². The first-order valence-corrected chi connectivity index (χ1v) is 6.42. The van der Waals surface area contributed by atoms with Crippen molar-refractivity contribution in [1.29, 1.82) is 0 Å². The average Bonchev–Trinajstić information content (AvgIpc) is 2.33. The molecule has 0 amide bonds. The lowest BCUT2D eigenvalue weighted by Crippen LogP contribution is -2.10. The fourth-order valence-corrected chi connectivity index (χ4v) is 1.75. The molecule has 0 aliphatic rings. The number of aryl methyl sites for hydroxylation is 2. The van der Waals surface area contributed by atoms with E-state index in [-0.39, 0.29) is 5.56 Å². The van der Waals surface area contributed by atoms with Gasteiger partial charge < -0.3 is 9.72 Å². The van der Waals surface area contributed by atoms with Crippen LogP contribution in [-0.2, 0) is 6.42 Å². The Morgan fingerprint density at radius 3 is 2.83 bits per heavy atom. The molecule has 0 saturated carbocycles. The number of rotatable bonds is 3. The van der Waals surface area contributed by atoms with Gasteiger partial charge in [-0.25, -0.2) is 0 Å². The molecular weight excluding hydrogens is 296 g/mol. The summed E-state index contributed by atoms with van der Waals surface area (Å²) in [6.45, 7) is 3.89. The minimum atomic E-state index is -0.203. The first-order valence-electron chi connectivity index (χ1n) is 5.62. The van der Waals surface area contributed by atoms with E-state index < -0.39 is 0 Å². The highest BCUT2D eigenvalue weighted by Gasteiger charge is 2.04. The SMILES string of the molecule is CCc1nc(Oc2ccc(Br)c(C)c2)cc(=O)[nH]1. The minimum Gasteiger partial charge on any atom is -0.439 e. The van der Waals surface area contributed by atoms with E-state index in [1.54, 1.807) is 0 Å². The molecule has 1 aromatic heterocycles. The third kappa shape index (κ3) is 2.98. The molecule has 0 atom stereocenters. The van der Waals surface area contributed by atoms with Crippen molar-refractivity contribution in [3.05, 3.63) is 50.5 Å². The summed E-state index contributed by atoms with van der Waals surface area (Å²) in [5.41, 5.74) is 0.860. The standard InChI is InChI=1S/C13H13BrN2O2/c1-3-11-15-12(17)7-13(16-11)18-9-4-5-10(14)8(2)6-9/h4-7H,3H2,1-2H3,(H,15,16,17). The van der Waals surface area contributed by atoms with Crippen molar-refractivity contribution in [1.82, 2.24) is 9.97 Å². The summed E-state index contributed by atoms with van der Waals surface area (Å²) in [4.78, 5) is 18.3. The van der Waals surface area contributed by atoms with Gasteiger partial charge in [-0.2, -0.15) is 4.98 Å². The molecule has 1 heterocycles. The fraction of sp³-hybridized carbons (Fsp3) is 0.231. The Kier molecular flexibility index (Phi) is 3.81. The zero-order valence-corrected chi connectivity index (χ0v) is 11.7. The van der Waals surface area contributed by atoms with Crippen LogP contribution in [0.2, 0.25) is 0 Å². The molecule has 5 heteroatoms. The molecule has 1 aromatic carbocycles. The van der Waals surface area contributed by atoms with Gasteiger partial charge in [-0.3, -0.25) is 4.79 Å². The molecular formula is C13H13BrN2O2. The van der Waals surface area contributed by atoms with Gasteiger partial charge in [0.25, 0.3) is 5.56 Å². The molecule has 1 N–H and O–H groups in total. The molecule has 0 radical (unpaired) electrons. The molecule has 0 fully saturated rings. The van der Waals surface area contributed by atoms with E-state index in [1.807, 2.05) is 32.0 Å². The molecule has 0 unspecified atom stereocenters. The average molecular weight is 309 g/mol. The number of ether oxygens (including phenoxy) is 1. The van der Waals surface area contributed by atoms with Crippen molar-refractivity contribution in [3.8, 4) is 11.6 Å². The summed E-state index contributed by atoms with van der Waals surface area (Å²) in [6.07, 6.45) is 0.659. The Balaban J connectivity index is 2.30. The lowest BCUT2D eigenvalue weighted by Gasteiger charge is -2.07. The predicted octanol–water partition coefficient (Wildman–Crippen LogP) is 3.20. The highest BCUT2D eigenvalue weighted by atomic mass is 79.9. The number of H-pyrrole nitrogens is 1. The maximum atomic E-state index is 11.4. The van der Waals surface area contributed by atoms with Crippen molar-refractivity contribution in [3.63, 3.8) is 0 Å². The lowest BCUT2D eigenvalue weighted by atomic mass is 10.2. The van der Waals surface area contributed by atoms with E-state index in [1.165, 1.54) is 6.07 Å². The van der Waals surface area contributed by atoms with Gasteiger partial charge in [0.05, 0.1) is 6.07 Å². The van der Waals surface area contributed by atoms with Crippen LogP contribution in [0.4, 0.5) is 0 Å². The number of nitrogens with one attached hydrogen (secondary N) is 1. The van der Waals surface area contributed by atoms with Crippen molar-refractivity contribution < 1.29 is 4.74 Å². The molecule has 18 heavy (non-hydrogen) atoms. The summed E-state index contributed by atoms with van der Waals surface area (Å²) >= 11 is 3.42. The van der Waals surface area contributed by atoms with Gasteiger partial charge in [-0.05, 0) is 30.7 Å². The Bertz CT molecular complexity index is 623. The van der Waals surface area contributed by atoms with Crippen LogP contribution in [0, 0.1) is 6.92 Å². The van der Waals surface area contributed by atoms with E-state index in [9.17, 15) is 4.79 Å². The zero-order chi connectivity index (χ0) is 13.1. The summed E-state index contributed by atoms with van der Waals surface area (Å²) < 4.78 is 6.60. The van der Waals surface area contributed by atoms with Crippen LogP contribution in [0.5, 0.6) is 11.6 Å². The van der Waals surface area contributed by atoms with Crippen molar-refractivity contribution in [2.24, 2.45) is 0 Å². The molecule has 4 nitrogen and oxygen atoms in total.